The van der Waals surface area contributed by atoms with Gasteiger partial charge in [-0.2, -0.15) is 0 Å². The van der Waals surface area contributed by atoms with E-state index in [1.54, 1.807) is 0 Å². The Balaban J connectivity index is 1.99. The van der Waals surface area contributed by atoms with Gasteiger partial charge in [0, 0.05) is 17.7 Å². The standard InChI is InChI=1S/C13H19BrN2S/c1-9(2)13-15-11(14)7-12(16-13)17-8-10-5-3-4-6-10/h7,9-10H,3-6,8H2,1-2H3. The molecule has 1 heterocycles. The smallest absolute Gasteiger partial charge is 0.133 e. The molecular weight excluding hydrogens is 296 g/mol. The van der Waals surface area contributed by atoms with E-state index in [2.05, 4.69) is 39.7 Å². The molecule has 1 saturated carbocycles. The van der Waals surface area contributed by atoms with Gasteiger partial charge in [0.15, 0.2) is 0 Å². The maximum absolute atomic E-state index is 4.62. The highest BCUT2D eigenvalue weighted by Gasteiger charge is 2.16. The molecule has 0 radical (unpaired) electrons. The average molecular weight is 315 g/mol. The van der Waals surface area contributed by atoms with Crippen molar-refractivity contribution in [1.29, 1.82) is 0 Å². The molecule has 17 heavy (non-hydrogen) atoms. The van der Waals surface area contributed by atoms with E-state index in [0.29, 0.717) is 5.92 Å². The summed E-state index contributed by atoms with van der Waals surface area (Å²) in [6, 6.07) is 2.03. The minimum absolute atomic E-state index is 0.387. The second-order valence-electron chi connectivity index (χ2n) is 5.00. The van der Waals surface area contributed by atoms with Crippen LogP contribution < -0.4 is 0 Å². The number of nitrogens with zero attached hydrogens (tertiary/aromatic N) is 2. The highest BCUT2D eigenvalue weighted by atomic mass is 79.9. The SMILES string of the molecule is CC(C)c1nc(Br)cc(SCC2CCCC2)n1. The summed E-state index contributed by atoms with van der Waals surface area (Å²) in [4.78, 5) is 9.02. The Bertz CT molecular complexity index is 376. The summed E-state index contributed by atoms with van der Waals surface area (Å²) in [5.41, 5.74) is 0. The summed E-state index contributed by atoms with van der Waals surface area (Å²) in [7, 11) is 0. The molecule has 0 bridgehead atoms. The predicted molar refractivity (Wildman–Crippen MR) is 76.5 cm³/mol. The molecule has 0 spiro atoms. The van der Waals surface area contributed by atoms with Gasteiger partial charge in [-0.15, -0.1) is 11.8 Å². The number of rotatable bonds is 4. The fourth-order valence-electron chi connectivity index (χ4n) is 2.13. The fourth-order valence-corrected chi connectivity index (χ4v) is 3.77. The van der Waals surface area contributed by atoms with Crippen LogP contribution in [0.3, 0.4) is 0 Å². The third-order valence-electron chi connectivity index (χ3n) is 3.15. The highest BCUT2D eigenvalue weighted by molar-refractivity contribution is 9.10. The molecule has 2 rings (SSSR count). The summed E-state index contributed by atoms with van der Waals surface area (Å²) in [6.07, 6.45) is 5.62. The number of halogens is 1. The molecule has 0 N–H and O–H groups in total. The van der Waals surface area contributed by atoms with Crippen LogP contribution >= 0.6 is 27.7 Å². The van der Waals surface area contributed by atoms with E-state index in [-0.39, 0.29) is 0 Å². The Labute approximate surface area is 116 Å². The Morgan fingerprint density at radius 2 is 2.06 bits per heavy atom. The first-order valence-electron chi connectivity index (χ1n) is 6.32. The summed E-state index contributed by atoms with van der Waals surface area (Å²) < 4.78 is 0.908. The van der Waals surface area contributed by atoms with Gasteiger partial charge in [0.25, 0.3) is 0 Å². The summed E-state index contributed by atoms with van der Waals surface area (Å²) >= 11 is 5.35. The van der Waals surface area contributed by atoms with Gasteiger partial charge >= 0.3 is 0 Å². The number of aromatic nitrogens is 2. The molecule has 0 amide bonds. The van der Waals surface area contributed by atoms with Gasteiger partial charge in [0.05, 0.1) is 0 Å². The zero-order chi connectivity index (χ0) is 12.3. The quantitative estimate of drug-likeness (QED) is 0.598. The van der Waals surface area contributed by atoms with Crippen molar-refractivity contribution in [3.05, 3.63) is 16.5 Å². The summed E-state index contributed by atoms with van der Waals surface area (Å²) in [6.45, 7) is 4.26. The average Bonchev–Trinajstić information content (AvgIpc) is 2.78. The van der Waals surface area contributed by atoms with E-state index >= 15 is 0 Å². The van der Waals surface area contributed by atoms with Crippen molar-refractivity contribution in [3.63, 3.8) is 0 Å². The molecule has 4 heteroatoms. The van der Waals surface area contributed by atoms with Gasteiger partial charge in [-0.05, 0) is 34.7 Å². The van der Waals surface area contributed by atoms with Gasteiger partial charge in [0.1, 0.15) is 15.5 Å². The molecule has 0 unspecified atom stereocenters. The first-order chi connectivity index (χ1) is 8.15. The van der Waals surface area contributed by atoms with Crippen molar-refractivity contribution in [2.24, 2.45) is 5.92 Å². The van der Waals surface area contributed by atoms with Crippen LogP contribution in [-0.4, -0.2) is 15.7 Å². The molecule has 0 saturated heterocycles. The normalized spacial score (nSPS) is 16.9. The molecule has 0 aliphatic heterocycles. The third-order valence-corrected chi connectivity index (χ3v) is 4.70. The van der Waals surface area contributed by atoms with Gasteiger partial charge in [-0.25, -0.2) is 9.97 Å². The van der Waals surface area contributed by atoms with Crippen LogP contribution in [0.5, 0.6) is 0 Å². The molecule has 2 nitrogen and oxygen atoms in total. The minimum atomic E-state index is 0.387. The molecule has 1 aromatic rings. The molecule has 0 aromatic carbocycles. The lowest BCUT2D eigenvalue weighted by Gasteiger charge is -2.10. The second-order valence-corrected chi connectivity index (χ2v) is 6.86. The Morgan fingerprint density at radius 1 is 1.35 bits per heavy atom. The molecular formula is C13H19BrN2S. The minimum Gasteiger partial charge on any atom is -0.226 e. The van der Waals surface area contributed by atoms with Gasteiger partial charge in [-0.3, -0.25) is 0 Å². The molecule has 1 aliphatic carbocycles. The Morgan fingerprint density at radius 3 is 2.71 bits per heavy atom. The molecule has 1 aromatic heterocycles. The molecule has 1 fully saturated rings. The third kappa shape index (κ3) is 3.95. The van der Waals surface area contributed by atoms with E-state index in [1.165, 1.54) is 31.4 Å². The lowest BCUT2D eigenvalue weighted by Crippen LogP contribution is -2.01. The number of hydrogen-bond donors (Lipinski definition) is 0. The van der Waals surface area contributed by atoms with E-state index in [1.807, 2.05) is 17.8 Å². The van der Waals surface area contributed by atoms with Crippen molar-refractivity contribution in [3.8, 4) is 0 Å². The topological polar surface area (TPSA) is 25.8 Å². The van der Waals surface area contributed by atoms with Gasteiger partial charge in [0.2, 0.25) is 0 Å². The van der Waals surface area contributed by atoms with Crippen LogP contribution in [0.25, 0.3) is 0 Å². The van der Waals surface area contributed by atoms with Crippen molar-refractivity contribution in [2.75, 3.05) is 5.75 Å². The first kappa shape index (κ1) is 13.3. The van der Waals surface area contributed by atoms with E-state index in [9.17, 15) is 0 Å². The monoisotopic (exact) mass is 314 g/mol. The molecule has 1 aliphatic rings. The zero-order valence-corrected chi connectivity index (χ0v) is 12.9. The maximum Gasteiger partial charge on any atom is 0.133 e. The Kier molecular flexibility index (Phi) is 4.86. The fraction of sp³-hybridized carbons (Fsp3) is 0.692. The van der Waals surface area contributed by atoms with Crippen molar-refractivity contribution >= 4 is 27.7 Å². The lowest BCUT2D eigenvalue weighted by molar-refractivity contribution is 0.622. The van der Waals surface area contributed by atoms with Gasteiger partial charge in [-0.1, -0.05) is 26.7 Å². The maximum atomic E-state index is 4.62. The summed E-state index contributed by atoms with van der Waals surface area (Å²) in [5.74, 6) is 3.43. The van der Waals surface area contributed by atoms with Gasteiger partial charge < -0.3 is 0 Å². The predicted octanol–water partition coefficient (Wildman–Crippen LogP) is 4.64. The van der Waals surface area contributed by atoms with E-state index < -0.39 is 0 Å². The number of hydrogen-bond acceptors (Lipinski definition) is 3. The second kappa shape index (κ2) is 6.19. The van der Waals surface area contributed by atoms with Crippen molar-refractivity contribution in [1.82, 2.24) is 9.97 Å². The van der Waals surface area contributed by atoms with Crippen LogP contribution in [0.2, 0.25) is 0 Å². The highest BCUT2D eigenvalue weighted by Crippen LogP contribution is 2.31. The Hall–Kier alpha value is -0.0900. The van der Waals surface area contributed by atoms with E-state index in [0.717, 1.165) is 21.4 Å². The largest absolute Gasteiger partial charge is 0.226 e. The van der Waals surface area contributed by atoms with Crippen molar-refractivity contribution < 1.29 is 0 Å². The molecule has 0 atom stereocenters. The van der Waals surface area contributed by atoms with Crippen LogP contribution in [0.4, 0.5) is 0 Å². The zero-order valence-electron chi connectivity index (χ0n) is 10.4. The molecule has 94 valence electrons. The lowest BCUT2D eigenvalue weighted by atomic mass is 10.1. The van der Waals surface area contributed by atoms with E-state index in [4.69, 9.17) is 0 Å². The van der Waals surface area contributed by atoms with Crippen LogP contribution in [0, 0.1) is 5.92 Å². The summed E-state index contributed by atoms with van der Waals surface area (Å²) in [5, 5.41) is 1.11. The van der Waals surface area contributed by atoms with Crippen LogP contribution in [0.15, 0.2) is 15.7 Å². The number of thioether (sulfide) groups is 1. The van der Waals surface area contributed by atoms with Crippen molar-refractivity contribution in [2.45, 2.75) is 50.5 Å². The first-order valence-corrected chi connectivity index (χ1v) is 8.10. The van der Waals surface area contributed by atoms with Crippen LogP contribution in [0.1, 0.15) is 51.3 Å². The van der Waals surface area contributed by atoms with Crippen LogP contribution in [-0.2, 0) is 0 Å².